The second-order valence-electron chi connectivity index (χ2n) is 5.50. The zero-order valence-corrected chi connectivity index (χ0v) is 13.5. The molecule has 0 bridgehead atoms. The van der Waals surface area contributed by atoms with Crippen LogP contribution in [0.1, 0.15) is 33.5 Å². The Labute approximate surface area is 139 Å². The number of nitrogens with one attached hydrogen (secondary N) is 3. The van der Waals surface area contributed by atoms with Gasteiger partial charge in [0.25, 0.3) is 5.91 Å². The maximum absolute atomic E-state index is 11.8. The van der Waals surface area contributed by atoms with Crippen LogP contribution in [0.15, 0.2) is 35.0 Å². The summed E-state index contributed by atoms with van der Waals surface area (Å²) in [6.45, 7) is 2.68. The van der Waals surface area contributed by atoms with Gasteiger partial charge in [-0.15, -0.1) is 0 Å². The minimum atomic E-state index is -0.134. The number of hydrogen-bond acceptors (Lipinski definition) is 4. The first-order valence-electron chi connectivity index (χ1n) is 7.61. The van der Waals surface area contributed by atoms with Crippen molar-refractivity contribution in [3.05, 3.63) is 57.3 Å². The lowest BCUT2D eigenvalue weighted by Gasteiger charge is -2.08. The summed E-state index contributed by atoms with van der Waals surface area (Å²) in [5.41, 5.74) is 4.38. The fourth-order valence-corrected chi connectivity index (χ4v) is 3.17. The van der Waals surface area contributed by atoms with Crippen LogP contribution in [0.3, 0.4) is 0 Å². The lowest BCUT2D eigenvalue weighted by atomic mass is 10.1. The van der Waals surface area contributed by atoms with Gasteiger partial charge >= 0.3 is 0 Å². The van der Waals surface area contributed by atoms with E-state index in [1.807, 2.05) is 11.4 Å². The second-order valence-corrected chi connectivity index (χ2v) is 6.28. The van der Waals surface area contributed by atoms with Crippen molar-refractivity contribution < 1.29 is 9.59 Å². The quantitative estimate of drug-likeness (QED) is 0.757. The van der Waals surface area contributed by atoms with E-state index in [0.29, 0.717) is 18.7 Å². The van der Waals surface area contributed by atoms with Gasteiger partial charge in [-0.1, -0.05) is 18.2 Å². The zero-order chi connectivity index (χ0) is 16.1. The third-order valence-electron chi connectivity index (χ3n) is 3.81. The molecule has 2 aromatic rings. The molecule has 0 atom stereocenters. The van der Waals surface area contributed by atoms with Gasteiger partial charge < -0.3 is 16.0 Å². The predicted molar refractivity (Wildman–Crippen MR) is 90.1 cm³/mol. The predicted octanol–water partition coefficient (Wildman–Crippen LogP) is 1.79. The third kappa shape index (κ3) is 4.18. The lowest BCUT2D eigenvalue weighted by Crippen LogP contribution is -2.30. The van der Waals surface area contributed by atoms with Gasteiger partial charge in [-0.05, 0) is 28.1 Å². The topological polar surface area (TPSA) is 70.2 Å². The van der Waals surface area contributed by atoms with Crippen LogP contribution in [0, 0.1) is 0 Å². The molecule has 3 N–H and O–H groups in total. The summed E-state index contributed by atoms with van der Waals surface area (Å²) < 4.78 is 0. The van der Waals surface area contributed by atoms with E-state index in [4.69, 9.17) is 0 Å². The minimum Gasteiger partial charge on any atom is -0.352 e. The fourth-order valence-electron chi connectivity index (χ4n) is 2.53. The van der Waals surface area contributed by atoms with Gasteiger partial charge in [0.2, 0.25) is 5.91 Å². The summed E-state index contributed by atoms with van der Waals surface area (Å²) in [5, 5.41) is 12.6. The van der Waals surface area contributed by atoms with Gasteiger partial charge in [0.1, 0.15) is 0 Å². The van der Waals surface area contributed by atoms with Crippen LogP contribution in [0.25, 0.3) is 0 Å². The third-order valence-corrected chi connectivity index (χ3v) is 4.50. The molecule has 23 heavy (non-hydrogen) atoms. The molecule has 1 aromatic heterocycles. The van der Waals surface area contributed by atoms with E-state index in [2.05, 4.69) is 28.1 Å². The highest BCUT2D eigenvalue weighted by molar-refractivity contribution is 7.08. The highest BCUT2D eigenvalue weighted by Crippen LogP contribution is 2.16. The molecular formula is C17H19N3O2S. The van der Waals surface area contributed by atoms with Crippen molar-refractivity contribution in [2.75, 3.05) is 6.54 Å². The first-order valence-corrected chi connectivity index (χ1v) is 8.55. The average molecular weight is 329 g/mol. The summed E-state index contributed by atoms with van der Waals surface area (Å²) in [5.74, 6) is -0.195. The van der Waals surface area contributed by atoms with Crippen molar-refractivity contribution in [2.45, 2.75) is 26.1 Å². The van der Waals surface area contributed by atoms with Crippen molar-refractivity contribution in [1.82, 2.24) is 16.0 Å². The number of hydrogen-bond donors (Lipinski definition) is 3. The molecule has 1 aromatic carbocycles. The van der Waals surface area contributed by atoms with Crippen LogP contribution in [0.2, 0.25) is 0 Å². The fraction of sp³-hybridized carbons (Fsp3) is 0.294. The van der Waals surface area contributed by atoms with Crippen molar-refractivity contribution in [3.8, 4) is 0 Å². The maximum Gasteiger partial charge on any atom is 0.252 e. The van der Waals surface area contributed by atoms with Crippen LogP contribution in [0.4, 0.5) is 0 Å². The number of amides is 2. The summed E-state index contributed by atoms with van der Waals surface area (Å²) in [6, 6.07) is 8.05. The van der Waals surface area contributed by atoms with Crippen molar-refractivity contribution >= 4 is 23.2 Å². The first-order chi connectivity index (χ1) is 11.2. The van der Waals surface area contributed by atoms with Gasteiger partial charge in [-0.2, -0.15) is 11.3 Å². The SMILES string of the molecule is O=C(CCNC(=O)c1ccsc1)NCc1ccc2c(c1)CNC2. The number of carbonyl (C=O) groups is 2. The van der Waals surface area contributed by atoms with E-state index >= 15 is 0 Å². The average Bonchev–Trinajstić information content (AvgIpc) is 3.23. The van der Waals surface area contributed by atoms with Crippen molar-refractivity contribution in [1.29, 1.82) is 0 Å². The number of rotatable bonds is 6. The van der Waals surface area contributed by atoms with E-state index in [-0.39, 0.29) is 18.2 Å². The van der Waals surface area contributed by atoms with Crippen LogP contribution in [-0.2, 0) is 24.4 Å². The molecule has 2 amide bonds. The number of fused-ring (bicyclic) bond motifs is 1. The number of thiophene rings is 1. The van der Waals surface area contributed by atoms with Gasteiger partial charge in [0.15, 0.2) is 0 Å². The molecule has 0 radical (unpaired) electrons. The van der Waals surface area contributed by atoms with Crippen LogP contribution < -0.4 is 16.0 Å². The number of benzene rings is 1. The Kier molecular flexibility index (Phi) is 5.05. The highest BCUT2D eigenvalue weighted by Gasteiger charge is 2.10. The van der Waals surface area contributed by atoms with Crippen LogP contribution >= 0.6 is 11.3 Å². The summed E-state index contributed by atoms with van der Waals surface area (Å²) >= 11 is 1.48. The lowest BCUT2D eigenvalue weighted by molar-refractivity contribution is -0.121. The van der Waals surface area contributed by atoms with Gasteiger partial charge in [0.05, 0.1) is 0 Å². The minimum absolute atomic E-state index is 0.0609. The molecule has 6 heteroatoms. The Bertz CT molecular complexity index is 698. The van der Waals surface area contributed by atoms with Gasteiger partial charge in [0, 0.05) is 43.5 Å². The zero-order valence-electron chi connectivity index (χ0n) is 12.7. The van der Waals surface area contributed by atoms with Crippen molar-refractivity contribution in [3.63, 3.8) is 0 Å². The molecule has 0 fully saturated rings. The summed E-state index contributed by atoms with van der Waals surface area (Å²) in [4.78, 5) is 23.6. The van der Waals surface area contributed by atoms with Gasteiger partial charge in [-0.25, -0.2) is 0 Å². The van der Waals surface area contributed by atoms with Crippen molar-refractivity contribution in [2.24, 2.45) is 0 Å². The Balaban J connectivity index is 1.39. The molecule has 120 valence electrons. The first kappa shape index (κ1) is 15.7. The Hall–Kier alpha value is -2.18. The maximum atomic E-state index is 11.8. The molecule has 0 spiro atoms. The molecule has 3 rings (SSSR count). The normalized spacial score (nSPS) is 12.7. The molecule has 0 saturated heterocycles. The van der Waals surface area contributed by atoms with E-state index in [1.165, 1.54) is 22.5 Å². The van der Waals surface area contributed by atoms with Gasteiger partial charge in [-0.3, -0.25) is 9.59 Å². The molecule has 0 unspecified atom stereocenters. The standard InChI is InChI=1S/C17H19N3O2S/c21-16(3-5-19-17(22)14-4-6-23-11-14)20-8-12-1-2-13-9-18-10-15(13)7-12/h1-2,4,6-7,11,18H,3,5,8-10H2,(H,19,22)(H,20,21). The largest absolute Gasteiger partial charge is 0.352 e. The van der Waals surface area contributed by atoms with Crippen LogP contribution in [0.5, 0.6) is 0 Å². The highest BCUT2D eigenvalue weighted by atomic mass is 32.1. The Morgan fingerprint density at radius 1 is 1.13 bits per heavy atom. The molecule has 2 heterocycles. The molecule has 1 aliphatic heterocycles. The molecular weight excluding hydrogens is 310 g/mol. The number of carbonyl (C=O) groups excluding carboxylic acids is 2. The summed E-state index contributed by atoms with van der Waals surface area (Å²) in [7, 11) is 0. The smallest absolute Gasteiger partial charge is 0.252 e. The second kappa shape index (κ2) is 7.39. The van der Waals surface area contributed by atoms with E-state index in [1.54, 1.807) is 11.4 Å². The van der Waals surface area contributed by atoms with E-state index in [0.717, 1.165) is 18.7 Å². The Morgan fingerprint density at radius 3 is 2.83 bits per heavy atom. The summed E-state index contributed by atoms with van der Waals surface area (Å²) in [6.07, 6.45) is 0.280. The van der Waals surface area contributed by atoms with Crippen LogP contribution in [-0.4, -0.2) is 18.4 Å². The Morgan fingerprint density at radius 2 is 2.00 bits per heavy atom. The molecule has 0 saturated carbocycles. The molecule has 0 aliphatic carbocycles. The molecule has 1 aliphatic rings. The van der Waals surface area contributed by atoms with E-state index in [9.17, 15) is 9.59 Å². The molecule has 5 nitrogen and oxygen atoms in total. The van der Waals surface area contributed by atoms with E-state index < -0.39 is 0 Å². The monoisotopic (exact) mass is 329 g/mol.